The zero-order chi connectivity index (χ0) is 42.4. The normalized spacial score (nSPS) is 27.0. The Labute approximate surface area is 339 Å². The van der Waals surface area contributed by atoms with Gasteiger partial charge in [-0.05, 0) is 122 Å². The van der Waals surface area contributed by atoms with Crippen LogP contribution in [0.15, 0.2) is 86.2 Å². The Balaban J connectivity index is 0.000000180. The molecule has 0 aliphatic carbocycles. The maximum Gasteiger partial charge on any atom is 0.394 e. The molecule has 2 aromatic heterocycles. The van der Waals surface area contributed by atoms with Gasteiger partial charge in [-0.15, -0.1) is 13.2 Å². The first-order valence-electron chi connectivity index (χ1n) is 18.8. The molecule has 2 unspecified atom stereocenters. The van der Waals surface area contributed by atoms with Crippen LogP contribution >= 0.6 is 0 Å². The molecule has 10 atom stereocenters. The quantitative estimate of drug-likeness (QED) is 0.101. The number of benzene rings is 2. The maximum absolute atomic E-state index is 11.2. The Morgan fingerprint density at radius 2 is 1.03 bits per heavy atom. The third-order valence-corrected chi connectivity index (χ3v) is 11.6. The summed E-state index contributed by atoms with van der Waals surface area (Å²) < 4.78 is 73.9. The average Bonchev–Trinajstić information content (AvgIpc) is 3.21. The summed E-state index contributed by atoms with van der Waals surface area (Å²) in [7, 11) is -6.01. The van der Waals surface area contributed by atoms with Crippen LogP contribution in [0.2, 0.25) is 0 Å². The van der Waals surface area contributed by atoms with Crippen molar-refractivity contribution in [3.8, 4) is 11.5 Å². The van der Waals surface area contributed by atoms with E-state index < -0.39 is 33.0 Å². The highest BCUT2D eigenvalue weighted by Gasteiger charge is 2.43. The topological polar surface area (TPSA) is 240 Å². The lowest BCUT2D eigenvalue weighted by atomic mass is 9.73. The molecule has 6 fully saturated rings. The Bertz CT molecular complexity index is 2100. The van der Waals surface area contributed by atoms with Crippen molar-refractivity contribution in [2.45, 2.75) is 50.0 Å². The second-order valence-corrected chi connectivity index (χ2v) is 16.6. The van der Waals surface area contributed by atoms with Crippen molar-refractivity contribution in [2.24, 2.45) is 23.7 Å². The van der Waals surface area contributed by atoms with Gasteiger partial charge in [-0.2, -0.15) is 16.8 Å². The average molecular weight is 845 g/mol. The maximum atomic E-state index is 11.2. The fourth-order valence-electron chi connectivity index (χ4n) is 8.89. The van der Waals surface area contributed by atoms with Crippen molar-refractivity contribution >= 4 is 42.6 Å². The molecule has 18 heteroatoms. The molecule has 6 aliphatic heterocycles. The predicted molar refractivity (Wildman–Crippen MR) is 218 cm³/mol. The highest BCUT2D eigenvalue weighted by Crippen LogP contribution is 2.43. The summed E-state index contributed by atoms with van der Waals surface area (Å²) >= 11 is 0. The van der Waals surface area contributed by atoms with Crippen molar-refractivity contribution in [2.75, 3.05) is 40.4 Å². The number of pyridine rings is 2. The SMILES string of the molecule is C=C[C@H]1CN2CC[C@H]1C[C@H]2[C@H](O)c1ccnc2ccc(OC)cc12.C=C[C@H]1CN2CC[C@H]1C[C@H]2[C@H](O)c1ccnc2ccc(OC)cc12.O=S(=O)(O)O.O=S(=O)(O)O. The highest BCUT2D eigenvalue weighted by atomic mass is 32.3. The molecule has 0 saturated carbocycles. The molecule has 10 rings (SSSR count). The number of aliphatic hydroxyl groups is 2. The van der Waals surface area contributed by atoms with Gasteiger partial charge in [0.1, 0.15) is 11.5 Å². The van der Waals surface area contributed by atoms with Crippen molar-refractivity contribution in [1.82, 2.24) is 19.8 Å². The Kier molecular flexibility index (Phi) is 15.0. The number of hydrogen-bond acceptors (Lipinski definition) is 12. The largest absolute Gasteiger partial charge is 0.497 e. The van der Waals surface area contributed by atoms with Crippen LogP contribution in [0.25, 0.3) is 21.8 Å². The zero-order valence-corrected chi connectivity index (χ0v) is 34.0. The molecule has 0 amide bonds. The fourth-order valence-corrected chi connectivity index (χ4v) is 8.89. The van der Waals surface area contributed by atoms with Crippen LogP contribution in [-0.4, -0.2) is 118 Å². The number of nitrogens with zero attached hydrogens (tertiary/aromatic N) is 4. The lowest BCUT2D eigenvalue weighted by Crippen LogP contribution is -2.54. The van der Waals surface area contributed by atoms with Gasteiger partial charge in [0.2, 0.25) is 0 Å². The van der Waals surface area contributed by atoms with Gasteiger partial charge >= 0.3 is 20.8 Å². The van der Waals surface area contributed by atoms with E-state index in [1.807, 2.05) is 48.5 Å². The minimum atomic E-state index is -4.67. The summed E-state index contributed by atoms with van der Waals surface area (Å²) in [6.07, 6.45) is 11.2. The van der Waals surface area contributed by atoms with Gasteiger partial charge < -0.3 is 19.7 Å². The Morgan fingerprint density at radius 1 is 0.672 bits per heavy atom. The van der Waals surface area contributed by atoms with Crippen molar-refractivity contribution in [1.29, 1.82) is 0 Å². The lowest BCUT2D eigenvalue weighted by Gasteiger charge is -2.50. The second kappa shape index (κ2) is 19.3. The molecule has 6 saturated heterocycles. The summed E-state index contributed by atoms with van der Waals surface area (Å²) in [5.41, 5.74) is 3.69. The standard InChI is InChI=1S/2C20H24N2O2.2H2O4S/c2*1-3-13-12-22-9-7-14(13)10-19(22)20(23)16-6-8-21-18-5-4-15(24-2)11-17(16)18;2*1-5(2,3)4/h2*3-6,8,11,13-14,19-20,23H,1,7,9-10,12H2,2H3;2*(H2,1,2,3,4)/t2*13-,14-,19-,20+;;/m00../s1. The summed E-state index contributed by atoms with van der Waals surface area (Å²) in [6.45, 7) is 12.1. The molecule has 16 nitrogen and oxygen atoms in total. The Hall–Kier alpha value is -4.08. The molecule has 2 aromatic carbocycles. The van der Waals surface area contributed by atoms with Gasteiger partial charge in [0.25, 0.3) is 0 Å². The molecule has 58 heavy (non-hydrogen) atoms. The number of fused-ring (bicyclic) bond motifs is 8. The van der Waals surface area contributed by atoms with Crippen molar-refractivity contribution in [3.05, 3.63) is 97.4 Å². The van der Waals surface area contributed by atoms with Crippen LogP contribution in [0, 0.1) is 23.7 Å². The van der Waals surface area contributed by atoms with E-state index in [4.69, 9.17) is 44.5 Å². The second-order valence-electron chi connectivity index (χ2n) is 14.8. The monoisotopic (exact) mass is 844 g/mol. The van der Waals surface area contributed by atoms with E-state index in [1.165, 1.54) is 12.8 Å². The number of rotatable bonds is 8. The van der Waals surface area contributed by atoms with Gasteiger partial charge in [-0.3, -0.25) is 38.0 Å². The smallest absolute Gasteiger partial charge is 0.394 e. The van der Waals surface area contributed by atoms with Crippen LogP contribution in [0.1, 0.15) is 49.0 Å². The zero-order valence-electron chi connectivity index (χ0n) is 32.4. The van der Waals surface area contributed by atoms with E-state index in [-0.39, 0.29) is 12.1 Å². The molecule has 316 valence electrons. The van der Waals surface area contributed by atoms with Gasteiger partial charge in [0.05, 0.1) is 37.5 Å². The van der Waals surface area contributed by atoms with Gasteiger partial charge in [-0.25, -0.2) is 0 Å². The molecule has 6 aliphatic rings. The van der Waals surface area contributed by atoms with Gasteiger partial charge in [0.15, 0.2) is 0 Å². The molecule has 0 spiro atoms. The van der Waals surface area contributed by atoms with Gasteiger partial charge in [-0.1, -0.05) is 12.2 Å². The molecule has 8 heterocycles. The van der Waals surface area contributed by atoms with Crippen molar-refractivity contribution < 1.29 is 54.7 Å². The summed E-state index contributed by atoms with van der Waals surface area (Å²) in [4.78, 5) is 13.7. The van der Waals surface area contributed by atoms with E-state index in [1.54, 1.807) is 26.6 Å². The van der Waals surface area contributed by atoms with Crippen LogP contribution < -0.4 is 9.47 Å². The number of aromatic nitrogens is 2. The molecular formula is C40H52N4O12S2. The Morgan fingerprint density at radius 3 is 1.33 bits per heavy atom. The predicted octanol–water partition coefficient (Wildman–Crippen LogP) is 5.04. The summed E-state index contributed by atoms with van der Waals surface area (Å²) in [5.74, 6) is 4.01. The number of aliphatic hydroxyl groups excluding tert-OH is 2. The van der Waals surface area contributed by atoms with E-state index in [0.29, 0.717) is 23.7 Å². The fraction of sp³-hybridized carbons (Fsp3) is 0.450. The lowest BCUT2D eigenvalue weighted by molar-refractivity contribution is -0.0445. The van der Waals surface area contributed by atoms with Crippen molar-refractivity contribution in [3.63, 3.8) is 0 Å². The summed E-state index contributed by atoms with van der Waals surface area (Å²) in [5, 5.41) is 24.3. The summed E-state index contributed by atoms with van der Waals surface area (Å²) in [6, 6.07) is 15.9. The third kappa shape index (κ3) is 11.6. The molecule has 4 aromatic rings. The van der Waals surface area contributed by atoms with E-state index in [0.717, 1.165) is 83.5 Å². The van der Waals surface area contributed by atoms with E-state index in [2.05, 4.69) is 45.1 Å². The minimum absolute atomic E-state index is 0.178. The molecule has 6 N–H and O–H groups in total. The molecular weight excluding hydrogens is 793 g/mol. The first-order chi connectivity index (χ1) is 27.4. The first kappa shape index (κ1) is 45.0. The van der Waals surface area contributed by atoms with E-state index in [9.17, 15) is 10.2 Å². The number of methoxy groups -OCH3 is 2. The molecule has 4 bridgehead atoms. The first-order valence-corrected chi connectivity index (χ1v) is 21.6. The third-order valence-electron chi connectivity index (χ3n) is 11.6. The minimum Gasteiger partial charge on any atom is -0.497 e. The van der Waals surface area contributed by atoms with Crippen LogP contribution in [0.5, 0.6) is 11.5 Å². The molecule has 0 radical (unpaired) electrons. The van der Waals surface area contributed by atoms with Gasteiger partial charge in [0, 0.05) is 48.3 Å². The van der Waals surface area contributed by atoms with Crippen LogP contribution in [-0.2, 0) is 20.8 Å². The highest BCUT2D eigenvalue weighted by molar-refractivity contribution is 7.80. The van der Waals surface area contributed by atoms with E-state index >= 15 is 0 Å². The number of hydrogen-bond donors (Lipinski definition) is 6. The van der Waals surface area contributed by atoms with Crippen LogP contribution in [0.4, 0.5) is 0 Å². The van der Waals surface area contributed by atoms with Crippen LogP contribution in [0.3, 0.4) is 0 Å². The number of ether oxygens (including phenoxy) is 2. The number of piperidine rings is 6.